The van der Waals surface area contributed by atoms with Gasteiger partial charge >= 0.3 is 12.1 Å². The zero-order chi connectivity index (χ0) is 13.9. The van der Waals surface area contributed by atoms with Gasteiger partial charge in [0.25, 0.3) is 0 Å². The lowest BCUT2D eigenvalue weighted by atomic mass is 10.0. The molecule has 18 heavy (non-hydrogen) atoms. The highest BCUT2D eigenvalue weighted by molar-refractivity contribution is 5.98. The van der Waals surface area contributed by atoms with Gasteiger partial charge < -0.3 is 10.8 Å². The standard InChI is InChI=1S/C11H10F3NO3/c12-11(13,14)7-3-1-2-6(4-7)9(16)5-8(15)10(17)18/h1-4,8H,5,15H2,(H,17,18)/t8-/m1/s1. The molecule has 7 heteroatoms. The van der Waals surface area contributed by atoms with Gasteiger partial charge in [0, 0.05) is 12.0 Å². The molecule has 0 aliphatic rings. The minimum atomic E-state index is -4.55. The molecule has 0 spiro atoms. The summed E-state index contributed by atoms with van der Waals surface area (Å²) in [5, 5.41) is 8.50. The third-order valence-electron chi connectivity index (χ3n) is 2.23. The summed E-state index contributed by atoms with van der Waals surface area (Å²) < 4.78 is 37.2. The lowest BCUT2D eigenvalue weighted by Gasteiger charge is -2.09. The first-order chi connectivity index (χ1) is 8.21. The van der Waals surface area contributed by atoms with Crippen LogP contribution in [0.25, 0.3) is 0 Å². The van der Waals surface area contributed by atoms with Crippen LogP contribution in [0.3, 0.4) is 0 Å². The zero-order valence-electron chi connectivity index (χ0n) is 9.07. The number of carboxylic acid groups (broad SMARTS) is 1. The van der Waals surface area contributed by atoms with Crippen LogP contribution in [-0.2, 0) is 11.0 Å². The summed E-state index contributed by atoms with van der Waals surface area (Å²) in [6.45, 7) is 0. The van der Waals surface area contributed by atoms with Crippen LogP contribution in [0.4, 0.5) is 13.2 Å². The fourth-order valence-corrected chi connectivity index (χ4v) is 1.27. The summed E-state index contributed by atoms with van der Waals surface area (Å²) in [5.74, 6) is -2.12. The smallest absolute Gasteiger partial charge is 0.416 e. The Bertz CT molecular complexity index is 471. The SMILES string of the molecule is N[C@H](CC(=O)c1cccc(C(F)(F)F)c1)C(=O)O. The number of nitrogens with two attached hydrogens (primary N) is 1. The number of benzene rings is 1. The summed E-state index contributed by atoms with van der Waals surface area (Å²) in [4.78, 5) is 22.0. The Balaban J connectivity index is 2.91. The van der Waals surface area contributed by atoms with Crippen molar-refractivity contribution >= 4 is 11.8 Å². The fraction of sp³-hybridized carbons (Fsp3) is 0.273. The van der Waals surface area contributed by atoms with Crippen molar-refractivity contribution in [2.75, 3.05) is 0 Å². The molecule has 1 atom stereocenters. The van der Waals surface area contributed by atoms with Gasteiger partial charge in [-0.2, -0.15) is 13.2 Å². The lowest BCUT2D eigenvalue weighted by Crippen LogP contribution is -2.32. The maximum atomic E-state index is 12.4. The van der Waals surface area contributed by atoms with Gasteiger partial charge in [-0.25, -0.2) is 0 Å². The van der Waals surface area contributed by atoms with Gasteiger partial charge in [0.2, 0.25) is 0 Å². The number of alkyl halides is 3. The van der Waals surface area contributed by atoms with Crippen molar-refractivity contribution in [3.63, 3.8) is 0 Å². The number of Topliss-reactive ketones (excluding diaryl/α,β-unsaturated/α-hetero) is 1. The average molecular weight is 261 g/mol. The number of rotatable bonds is 4. The van der Waals surface area contributed by atoms with Crippen molar-refractivity contribution in [2.45, 2.75) is 18.6 Å². The molecule has 0 saturated carbocycles. The predicted molar refractivity (Wildman–Crippen MR) is 56.0 cm³/mol. The van der Waals surface area contributed by atoms with Crippen molar-refractivity contribution < 1.29 is 27.9 Å². The van der Waals surface area contributed by atoms with Crippen molar-refractivity contribution in [1.82, 2.24) is 0 Å². The molecule has 0 amide bonds. The number of carboxylic acids is 1. The van der Waals surface area contributed by atoms with Crippen LogP contribution in [0.1, 0.15) is 22.3 Å². The minimum Gasteiger partial charge on any atom is -0.480 e. The zero-order valence-corrected chi connectivity index (χ0v) is 9.07. The molecule has 0 unspecified atom stereocenters. The third-order valence-corrected chi connectivity index (χ3v) is 2.23. The molecule has 0 aromatic heterocycles. The summed E-state index contributed by atoms with van der Waals surface area (Å²) >= 11 is 0. The first kappa shape index (κ1) is 14.2. The molecular formula is C11H10F3NO3. The van der Waals surface area contributed by atoms with Crippen LogP contribution >= 0.6 is 0 Å². The second-order valence-corrected chi connectivity index (χ2v) is 3.65. The van der Waals surface area contributed by atoms with Crippen LogP contribution in [0.2, 0.25) is 0 Å². The monoisotopic (exact) mass is 261 g/mol. The van der Waals surface area contributed by atoms with Crippen LogP contribution in [0.5, 0.6) is 0 Å². The molecule has 1 aromatic carbocycles. The van der Waals surface area contributed by atoms with Crippen LogP contribution in [-0.4, -0.2) is 22.9 Å². The first-order valence-electron chi connectivity index (χ1n) is 4.90. The summed E-state index contributed by atoms with van der Waals surface area (Å²) in [6, 6.07) is 2.35. The van der Waals surface area contributed by atoms with Crippen LogP contribution in [0.15, 0.2) is 24.3 Å². The van der Waals surface area contributed by atoms with Crippen molar-refractivity contribution in [1.29, 1.82) is 0 Å². The van der Waals surface area contributed by atoms with E-state index in [0.717, 1.165) is 12.1 Å². The molecular weight excluding hydrogens is 251 g/mol. The normalized spacial score (nSPS) is 13.1. The van der Waals surface area contributed by atoms with Gasteiger partial charge in [-0.05, 0) is 12.1 Å². The van der Waals surface area contributed by atoms with E-state index in [1.54, 1.807) is 0 Å². The molecule has 98 valence electrons. The molecule has 3 N–H and O–H groups in total. The number of hydrogen-bond acceptors (Lipinski definition) is 3. The van der Waals surface area contributed by atoms with Crippen molar-refractivity contribution in [2.24, 2.45) is 5.73 Å². The van der Waals surface area contributed by atoms with E-state index in [-0.39, 0.29) is 5.56 Å². The molecule has 1 aromatic rings. The Hall–Kier alpha value is -1.89. The summed E-state index contributed by atoms with van der Waals surface area (Å²) in [7, 11) is 0. The number of aliphatic carboxylic acids is 1. The predicted octanol–water partition coefficient (Wildman–Crippen LogP) is 1.69. The van der Waals surface area contributed by atoms with Gasteiger partial charge in [0.05, 0.1) is 5.56 Å². The Labute approximate surface area is 100 Å². The van der Waals surface area contributed by atoms with E-state index in [1.807, 2.05) is 0 Å². The number of carbonyl (C=O) groups is 2. The topological polar surface area (TPSA) is 80.4 Å². The molecule has 0 aliphatic heterocycles. The maximum Gasteiger partial charge on any atom is 0.416 e. The van der Waals surface area contributed by atoms with Gasteiger partial charge in [-0.3, -0.25) is 9.59 Å². The molecule has 0 bridgehead atoms. The quantitative estimate of drug-likeness (QED) is 0.808. The van der Waals surface area contributed by atoms with Gasteiger partial charge in [-0.1, -0.05) is 12.1 Å². The third kappa shape index (κ3) is 3.56. The molecule has 4 nitrogen and oxygen atoms in total. The van der Waals surface area contributed by atoms with E-state index < -0.39 is 36.0 Å². The molecule has 0 saturated heterocycles. The minimum absolute atomic E-state index is 0.207. The van der Waals surface area contributed by atoms with E-state index in [4.69, 9.17) is 10.8 Å². The number of ketones is 1. The van der Waals surface area contributed by atoms with E-state index in [0.29, 0.717) is 6.07 Å². The average Bonchev–Trinajstić information content (AvgIpc) is 2.27. The van der Waals surface area contributed by atoms with E-state index >= 15 is 0 Å². The Kier molecular flexibility index (Phi) is 4.07. The van der Waals surface area contributed by atoms with Gasteiger partial charge in [-0.15, -0.1) is 0 Å². The van der Waals surface area contributed by atoms with Crippen LogP contribution < -0.4 is 5.73 Å². The molecule has 0 aliphatic carbocycles. The Morgan fingerprint density at radius 3 is 2.44 bits per heavy atom. The molecule has 0 fully saturated rings. The van der Waals surface area contributed by atoms with Gasteiger partial charge in [0.15, 0.2) is 5.78 Å². The lowest BCUT2D eigenvalue weighted by molar-refractivity contribution is -0.139. The Morgan fingerprint density at radius 1 is 1.33 bits per heavy atom. The Morgan fingerprint density at radius 2 is 1.94 bits per heavy atom. The largest absolute Gasteiger partial charge is 0.480 e. The number of hydrogen-bond donors (Lipinski definition) is 2. The number of carbonyl (C=O) groups excluding carboxylic acids is 1. The van der Waals surface area contributed by atoms with Gasteiger partial charge in [0.1, 0.15) is 6.04 Å². The maximum absolute atomic E-state index is 12.4. The van der Waals surface area contributed by atoms with Crippen LogP contribution in [0, 0.1) is 0 Å². The highest BCUT2D eigenvalue weighted by Gasteiger charge is 2.31. The summed E-state index contributed by atoms with van der Waals surface area (Å²) in [5.41, 5.74) is 3.97. The second kappa shape index (κ2) is 5.18. The number of halogens is 3. The summed E-state index contributed by atoms with van der Waals surface area (Å²) in [6.07, 6.45) is -5.10. The first-order valence-corrected chi connectivity index (χ1v) is 4.90. The highest BCUT2D eigenvalue weighted by atomic mass is 19.4. The van der Waals surface area contributed by atoms with E-state index in [2.05, 4.69) is 0 Å². The molecule has 0 radical (unpaired) electrons. The fourth-order valence-electron chi connectivity index (χ4n) is 1.27. The molecule has 0 heterocycles. The highest BCUT2D eigenvalue weighted by Crippen LogP contribution is 2.29. The van der Waals surface area contributed by atoms with Crippen molar-refractivity contribution in [3.05, 3.63) is 35.4 Å². The van der Waals surface area contributed by atoms with Crippen molar-refractivity contribution in [3.8, 4) is 0 Å². The van der Waals surface area contributed by atoms with E-state index in [9.17, 15) is 22.8 Å². The van der Waals surface area contributed by atoms with E-state index in [1.165, 1.54) is 6.07 Å². The molecule has 1 rings (SSSR count). The second-order valence-electron chi connectivity index (χ2n) is 3.65.